The fourth-order valence-corrected chi connectivity index (χ4v) is 3.38. The summed E-state index contributed by atoms with van der Waals surface area (Å²) >= 11 is 5.99. The fourth-order valence-electron chi connectivity index (χ4n) is 3.17. The maximum atomic E-state index is 12.5. The Balaban J connectivity index is 1.78. The highest BCUT2D eigenvalue weighted by Crippen LogP contribution is 2.39. The molecule has 126 valence electrons. The van der Waals surface area contributed by atoms with Gasteiger partial charge < -0.3 is 10.1 Å². The van der Waals surface area contributed by atoms with Crippen LogP contribution in [0.15, 0.2) is 42.5 Å². The normalized spacial score (nSPS) is 18.4. The Kier molecular flexibility index (Phi) is 4.55. The van der Waals surface area contributed by atoms with Crippen LogP contribution < -0.4 is 10.1 Å². The molecular formula is C20H22ClNO2. The van der Waals surface area contributed by atoms with Crippen molar-refractivity contribution in [3.05, 3.63) is 64.2 Å². The molecule has 1 N–H and O–H groups in total. The van der Waals surface area contributed by atoms with Crippen LogP contribution in [-0.2, 0) is 11.2 Å². The van der Waals surface area contributed by atoms with E-state index in [9.17, 15) is 4.79 Å². The Morgan fingerprint density at radius 2 is 2.08 bits per heavy atom. The monoisotopic (exact) mass is 343 g/mol. The molecule has 2 aromatic carbocycles. The lowest BCUT2D eigenvalue weighted by Gasteiger charge is -2.38. The quantitative estimate of drug-likeness (QED) is 0.883. The largest absolute Gasteiger partial charge is 0.487 e. The third kappa shape index (κ3) is 3.90. The first-order valence-electron chi connectivity index (χ1n) is 8.16. The Morgan fingerprint density at radius 3 is 2.83 bits per heavy atom. The number of rotatable bonds is 3. The van der Waals surface area contributed by atoms with Crippen molar-refractivity contribution in [3.63, 3.8) is 0 Å². The number of halogens is 1. The van der Waals surface area contributed by atoms with Gasteiger partial charge in [0, 0.05) is 17.0 Å². The molecule has 3 nitrogen and oxygen atoms in total. The maximum absolute atomic E-state index is 12.5. The van der Waals surface area contributed by atoms with Crippen molar-refractivity contribution in [2.45, 2.75) is 45.3 Å². The third-order valence-corrected chi connectivity index (χ3v) is 4.45. The Morgan fingerprint density at radius 1 is 1.29 bits per heavy atom. The predicted molar refractivity (Wildman–Crippen MR) is 96.5 cm³/mol. The number of benzene rings is 2. The number of carbonyl (C=O) groups excluding carboxylic acids is 1. The molecule has 0 saturated carbocycles. The zero-order valence-corrected chi connectivity index (χ0v) is 15.0. The van der Waals surface area contributed by atoms with Crippen molar-refractivity contribution in [1.82, 2.24) is 5.32 Å². The molecule has 1 aliphatic rings. The molecule has 0 aliphatic carbocycles. The summed E-state index contributed by atoms with van der Waals surface area (Å²) in [4.78, 5) is 12.5. The van der Waals surface area contributed by atoms with Crippen molar-refractivity contribution in [2.75, 3.05) is 0 Å². The molecule has 0 spiro atoms. The van der Waals surface area contributed by atoms with Gasteiger partial charge in [-0.05, 0) is 50.1 Å². The van der Waals surface area contributed by atoms with Crippen molar-refractivity contribution < 1.29 is 9.53 Å². The summed E-state index contributed by atoms with van der Waals surface area (Å²) in [6.07, 6.45) is 1.06. The molecule has 1 amide bonds. The number of fused-ring (bicyclic) bond motifs is 1. The minimum Gasteiger partial charge on any atom is -0.487 e. The van der Waals surface area contributed by atoms with Gasteiger partial charge in [-0.2, -0.15) is 0 Å². The van der Waals surface area contributed by atoms with Gasteiger partial charge in [-0.15, -0.1) is 0 Å². The van der Waals surface area contributed by atoms with Gasteiger partial charge >= 0.3 is 0 Å². The molecule has 4 heteroatoms. The van der Waals surface area contributed by atoms with Gasteiger partial charge in [0.05, 0.1) is 12.5 Å². The Hall–Kier alpha value is -2.00. The van der Waals surface area contributed by atoms with E-state index in [1.165, 1.54) is 0 Å². The van der Waals surface area contributed by atoms with Crippen LogP contribution >= 0.6 is 11.6 Å². The van der Waals surface area contributed by atoms with Crippen LogP contribution in [-0.4, -0.2) is 11.5 Å². The van der Waals surface area contributed by atoms with Gasteiger partial charge in [0.25, 0.3) is 0 Å². The first-order chi connectivity index (χ1) is 11.3. The lowest BCUT2D eigenvalue weighted by atomic mass is 9.89. The second-order valence-corrected chi connectivity index (χ2v) is 7.47. The highest BCUT2D eigenvalue weighted by atomic mass is 35.5. The number of carbonyl (C=O) groups is 1. The number of aryl methyl sites for hydroxylation is 1. The Bertz CT molecular complexity index is 770. The van der Waals surface area contributed by atoms with E-state index >= 15 is 0 Å². The van der Waals surface area contributed by atoms with Crippen molar-refractivity contribution in [1.29, 1.82) is 0 Å². The number of amides is 1. The van der Waals surface area contributed by atoms with Crippen LogP contribution in [0.3, 0.4) is 0 Å². The van der Waals surface area contributed by atoms with E-state index in [4.69, 9.17) is 16.3 Å². The van der Waals surface area contributed by atoms with Gasteiger partial charge in [0.15, 0.2) is 0 Å². The molecular weight excluding hydrogens is 322 g/mol. The van der Waals surface area contributed by atoms with Crippen molar-refractivity contribution in [2.24, 2.45) is 0 Å². The van der Waals surface area contributed by atoms with E-state index < -0.39 is 0 Å². The van der Waals surface area contributed by atoms with E-state index in [1.807, 2.05) is 57.2 Å². The summed E-state index contributed by atoms with van der Waals surface area (Å²) in [5, 5.41) is 3.80. The molecule has 0 aromatic heterocycles. The Labute approximate surface area is 148 Å². The average Bonchev–Trinajstić information content (AvgIpc) is 2.45. The molecule has 3 rings (SSSR count). The van der Waals surface area contributed by atoms with E-state index in [0.717, 1.165) is 28.9 Å². The van der Waals surface area contributed by atoms with Crippen molar-refractivity contribution in [3.8, 4) is 5.75 Å². The number of hydrogen-bond donors (Lipinski definition) is 1. The smallest absolute Gasteiger partial charge is 0.224 e. The predicted octanol–water partition coefficient (Wildman–Crippen LogP) is 4.61. The minimum absolute atomic E-state index is 0.00788. The number of nitrogens with one attached hydrogen (secondary N) is 1. The topological polar surface area (TPSA) is 38.3 Å². The molecule has 1 atom stereocenters. The molecule has 24 heavy (non-hydrogen) atoms. The van der Waals surface area contributed by atoms with Gasteiger partial charge in [0.2, 0.25) is 5.91 Å². The van der Waals surface area contributed by atoms with Gasteiger partial charge in [-0.3, -0.25) is 4.79 Å². The summed E-state index contributed by atoms with van der Waals surface area (Å²) in [6, 6.07) is 13.5. The zero-order valence-electron chi connectivity index (χ0n) is 14.2. The molecule has 0 fully saturated rings. The molecule has 1 heterocycles. The lowest BCUT2D eigenvalue weighted by molar-refractivity contribution is -0.121. The van der Waals surface area contributed by atoms with Crippen LogP contribution in [0.2, 0.25) is 5.02 Å². The second kappa shape index (κ2) is 6.48. The number of hydrogen-bond acceptors (Lipinski definition) is 2. The summed E-state index contributed by atoms with van der Waals surface area (Å²) in [5.74, 6) is 0.853. The number of ether oxygens (including phenoxy) is 1. The van der Waals surface area contributed by atoms with Crippen LogP contribution in [0.5, 0.6) is 5.75 Å². The first kappa shape index (κ1) is 16.8. The highest BCUT2D eigenvalue weighted by molar-refractivity contribution is 6.30. The standard InChI is InChI=1S/C20H22ClNO2/c1-13-7-8-16-17(12-20(2,3)24-18(16)9-13)22-19(23)11-14-5-4-6-15(21)10-14/h4-10,17H,11-12H2,1-3H3,(H,22,23)/t17-/m0/s1. The van der Waals surface area contributed by atoms with Crippen LogP contribution in [0, 0.1) is 6.92 Å². The fraction of sp³-hybridized carbons (Fsp3) is 0.350. The molecule has 0 saturated heterocycles. The minimum atomic E-state index is -0.311. The van der Waals surface area contributed by atoms with Gasteiger partial charge in [-0.1, -0.05) is 35.9 Å². The summed E-state index contributed by atoms with van der Waals surface area (Å²) in [7, 11) is 0. The van der Waals surface area contributed by atoms with E-state index in [-0.39, 0.29) is 17.6 Å². The first-order valence-corrected chi connectivity index (χ1v) is 8.53. The zero-order chi connectivity index (χ0) is 17.3. The molecule has 0 radical (unpaired) electrons. The maximum Gasteiger partial charge on any atom is 0.224 e. The van der Waals surface area contributed by atoms with E-state index in [2.05, 4.69) is 11.4 Å². The van der Waals surface area contributed by atoms with Crippen LogP contribution in [0.4, 0.5) is 0 Å². The van der Waals surface area contributed by atoms with E-state index in [1.54, 1.807) is 0 Å². The highest BCUT2D eigenvalue weighted by Gasteiger charge is 2.34. The molecule has 0 unspecified atom stereocenters. The average molecular weight is 344 g/mol. The third-order valence-electron chi connectivity index (χ3n) is 4.22. The molecule has 2 aromatic rings. The lowest BCUT2D eigenvalue weighted by Crippen LogP contribution is -2.41. The van der Waals surface area contributed by atoms with E-state index in [0.29, 0.717) is 11.4 Å². The van der Waals surface area contributed by atoms with Crippen molar-refractivity contribution >= 4 is 17.5 Å². The molecule has 1 aliphatic heterocycles. The van der Waals surface area contributed by atoms with Gasteiger partial charge in [-0.25, -0.2) is 0 Å². The summed E-state index contributed by atoms with van der Waals surface area (Å²) < 4.78 is 6.08. The summed E-state index contributed by atoms with van der Waals surface area (Å²) in [5.41, 5.74) is 2.79. The van der Waals surface area contributed by atoms with Crippen LogP contribution in [0.1, 0.15) is 43.0 Å². The molecule has 0 bridgehead atoms. The second-order valence-electron chi connectivity index (χ2n) is 7.03. The SMILES string of the molecule is Cc1ccc2c(c1)OC(C)(C)C[C@@H]2NC(=O)Cc1cccc(Cl)c1. The summed E-state index contributed by atoms with van der Waals surface area (Å²) in [6.45, 7) is 6.14. The van der Waals surface area contributed by atoms with Gasteiger partial charge in [0.1, 0.15) is 11.4 Å². The van der Waals surface area contributed by atoms with Crippen LogP contribution in [0.25, 0.3) is 0 Å².